The summed E-state index contributed by atoms with van der Waals surface area (Å²) in [5.41, 5.74) is 5.56. The second-order valence-electron chi connectivity index (χ2n) is 5.02. The summed E-state index contributed by atoms with van der Waals surface area (Å²) >= 11 is 1.62. The zero-order chi connectivity index (χ0) is 14.0. The molecule has 1 heterocycles. The number of hydrogen-bond donors (Lipinski definition) is 1. The van der Waals surface area contributed by atoms with Crippen molar-refractivity contribution in [1.82, 2.24) is 14.8 Å². The lowest BCUT2D eigenvalue weighted by molar-refractivity contribution is 0.494. The first-order valence-corrected chi connectivity index (χ1v) is 9.19. The van der Waals surface area contributed by atoms with Gasteiger partial charge in [0.1, 0.15) is 15.7 Å². The summed E-state index contributed by atoms with van der Waals surface area (Å²) < 4.78 is 25.2. The molecule has 2 atom stereocenters. The molecule has 0 radical (unpaired) electrons. The fraction of sp³-hybridized carbons (Fsp3) is 0.818. The Hall–Kier alpha value is -0.600. The average Bonchev–Trinajstić information content (AvgIpc) is 2.70. The molecule has 8 heteroatoms. The number of rotatable bonds is 4. The summed E-state index contributed by atoms with van der Waals surface area (Å²) in [6, 6.07) is 0. The van der Waals surface area contributed by atoms with E-state index in [-0.39, 0.29) is 5.25 Å². The molecule has 1 aromatic rings. The number of thioether (sulfide) groups is 1. The van der Waals surface area contributed by atoms with Crippen molar-refractivity contribution in [2.75, 3.05) is 6.26 Å². The molecule has 2 rings (SSSR count). The van der Waals surface area contributed by atoms with Crippen LogP contribution in [0.1, 0.15) is 31.5 Å². The van der Waals surface area contributed by atoms with Crippen LogP contribution in [0.2, 0.25) is 0 Å². The van der Waals surface area contributed by atoms with Gasteiger partial charge in [-0.15, -0.1) is 10.2 Å². The van der Waals surface area contributed by atoms with Gasteiger partial charge in [-0.05, 0) is 19.3 Å². The second kappa shape index (κ2) is 5.80. The Kier molecular flexibility index (Phi) is 4.52. The zero-order valence-corrected chi connectivity index (χ0v) is 12.9. The molecule has 19 heavy (non-hydrogen) atoms. The molecular formula is C11H20N4O2S2. The lowest BCUT2D eigenvalue weighted by atomic mass is 10.00. The van der Waals surface area contributed by atoms with Gasteiger partial charge in [0.25, 0.3) is 0 Å². The van der Waals surface area contributed by atoms with Crippen molar-refractivity contribution in [1.29, 1.82) is 0 Å². The van der Waals surface area contributed by atoms with Gasteiger partial charge in [-0.2, -0.15) is 0 Å². The number of aromatic nitrogens is 3. The van der Waals surface area contributed by atoms with Gasteiger partial charge in [0, 0.05) is 18.6 Å². The quantitative estimate of drug-likeness (QED) is 0.881. The smallest absolute Gasteiger partial charge is 0.191 e. The van der Waals surface area contributed by atoms with Crippen LogP contribution >= 0.6 is 11.8 Å². The predicted octanol–water partition coefficient (Wildman–Crippen LogP) is 0.722. The van der Waals surface area contributed by atoms with E-state index in [9.17, 15) is 8.42 Å². The Morgan fingerprint density at radius 3 is 2.74 bits per heavy atom. The van der Waals surface area contributed by atoms with E-state index in [1.807, 2.05) is 11.6 Å². The van der Waals surface area contributed by atoms with E-state index in [0.717, 1.165) is 30.2 Å². The Morgan fingerprint density at radius 2 is 2.16 bits per heavy atom. The summed E-state index contributed by atoms with van der Waals surface area (Å²) in [5.74, 6) is 0.748. The fourth-order valence-electron chi connectivity index (χ4n) is 2.37. The Bertz CT molecular complexity index is 541. The first-order chi connectivity index (χ1) is 8.91. The highest BCUT2D eigenvalue weighted by Gasteiger charge is 2.30. The normalized spacial score (nSPS) is 24.6. The molecule has 1 aliphatic rings. The van der Waals surface area contributed by atoms with Gasteiger partial charge in [-0.1, -0.05) is 18.2 Å². The van der Waals surface area contributed by atoms with Gasteiger partial charge >= 0.3 is 0 Å². The van der Waals surface area contributed by atoms with Crippen LogP contribution in [0.5, 0.6) is 0 Å². The number of nitrogens with two attached hydrogens (primary N) is 1. The van der Waals surface area contributed by atoms with E-state index in [2.05, 4.69) is 10.2 Å². The molecule has 0 bridgehead atoms. The molecule has 0 spiro atoms. The van der Waals surface area contributed by atoms with Crippen molar-refractivity contribution in [3.63, 3.8) is 0 Å². The monoisotopic (exact) mass is 304 g/mol. The lowest BCUT2D eigenvalue weighted by Gasteiger charge is -2.27. The minimum Gasteiger partial charge on any atom is -0.324 e. The molecule has 6 nitrogen and oxygen atoms in total. The zero-order valence-electron chi connectivity index (χ0n) is 11.2. The van der Waals surface area contributed by atoms with E-state index in [1.54, 1.807) is 11.8 Å². The largest absolute Gasteiger partial charge is 0.324 e. The highest BCUT2D eigenvalue weighted by Crippen LogP contribution is 2.35. The van der Waals surface area contributed by atoms with E-state index in [4.69, 9.17) is 5.73 Å². The van der Waals surface area contributed by atoms with Crippen LogP contribution in [-0.4, -0.2) is 39.9 Å². The van der Waals surface area contributed by atoms with E-state index >= 15 is 0 Å². The van der Waals surface area contributed by atoms with Crippen LogP contribution in [0.4, 0.5) is 0 Å². The van der Waals surface area contributed by atoms with Gasteiger partial charge in [0.05, 0.1) is 11.8 Å². The van der Waals surface area contributed by atoms with Crippen LogP contribution < -0.4 is 5.73 Å². The van der Waals surface area contributed by atoms with Gasteiger partial charge < -0.3 is 10.3 Å². The number of sulfone groups is 1. The summed E-state index contributed by atoms with van der Waals surface area (Å²) in [7, 11) is -1.05. The number of hydrogen-bond acceptors (Lipinski definition) is 6. The van der Waals surface area contributed by atoms with E-state index in [1.165, 1.54) is 6.26 Å². The topological polar surface area (TPSA) is 90.9 Å². The van der Waals surface area contributed by atoms with Gasteiger partial charge in [-0.25, -0.2) is 8.42 Å². The maximum Gasteiger partial charge on any atom is 0.191 e. The second-order valence-corrected chi connectivity index (χ2v) is 8.61. The first kappa shape index (κ1) is 14.8. The van der Waals surface area contributed by atoms with Crippen molar-refractivity contribution in [2.24, 2.45) is 12.8 Å². The van der Waals surface area contributed by atoms with E-state index in [0.29, 0.717) is 18.2 Å². The van der Waals surface area contributed by atoms with Crippen LogP contribution in [0.15, 0.2) is 5.16 Å². The fourth-order valence-corrected chi connectivity index (χ4v) is 4.93. The van der Waals surface area contributed by atoms with Crippen LogP contribution in [0.3, 0.4) is 0 Å². The third kappa shape index (κ3) is 3.49. The van der Waals surface area contributed by atoms with Crippen LogP contribution in [0, 0.1) is 0 Å². The molecule has 1 fully saturated rings. The maximum atomic E-state index is 11.6. The van der Waals surface area contributed by atoms with Crippen molar-refractivity contribution < 1.29 is 8.42 Å². The molecular weight excluding hydrogens is 284 g/mol. The van der Waals surface area contributed by atoms with E-state index < -0.39 is 9.84 Å². The first-order valence-electron chi connectivity index (χ1n) is 6.35. The van der Waals surface area contributed by atoms with Crippen molar-refractivity contribution in [3.05, 3.63) is 5.82 Å². The van der Waals surface area contributed by atoms with Gasteiger partial charge in [0.2, 0.25) is 0 Å². The van der Waals surface area contributed by atoms with Gasteiger partial charge in [0.15, 0.2) is 5.16 Å². The average molecular weight is 304 g/mol. The summed E-state index contributed by atoms with van der Waals surface area (Å²) in [4.78, 5) is 0. The van der Waals surface area contributed by atoms with Crippen LogP contribution in [-0.2, 0) is 23.4 Å². The van der Waals surface area contributed by atoms with Crippen molar-refractivity contribution >= 4 is 21.6 Å². The van der Waals surface area contributed by atoms with Crippen LogP contribution in [0.25, 0.3) is 0 Å². The molecule has 0 aromatic carbocycles. The molecule has 1 aromatic heterocycles. The Labute approximate surface area is 118 Å². The molecule has 2 N–H and O–H groups in total. The standard InChI is InChI=1S/C11H20N4O2S2/c1-15-10(7-12)13-14-11(15)18-8-4-3-5-9(6-8)19(2,16)17/h8-9H,3-7,12H2,1-2H3. The Balaban J connectivity index is 2.05. The lowest BCUT2D eigenvalue weighted by Crippen LogP contribution is -2.28. The SMILES string of the molecule is Cn1c(CN)nnc1SC1CCCC(S(C)(=O)=O)C1. The summed E-state index contributed by atoms with van der Waals surface area (Å²) in [6.07, 6.45) is 4.80. The minimum atomic E-state index is -2.94. The predicted molar refractivity (Wildman–Crippen MR) is 75.6 cm³/mol. The molecule has 0 amide bonds. The van der Waals surface area contributed by atoms with Gasteiger partial charge in [-0.3, -0.25) is 0 Å². The van der Waals surface area contributed by atoms with Crippen molar-refractivity contribution in [2.45, 2.75) is 47.9 Å². The summed E-state index contributed by atoms with van der Waals surface area (Å²) in [5, 5.41) is 9.04. The van der Waals surface area contributed by atoms with Crippen molar-refractivity contribution in [3.8, 4) is 0 Å². The molecule has 108 valence electrons. The minimum absolute atomic E-state index is 0.207. The maximum absolute atomic E-state index is 11.6. The molecule has 1 saturated carbocycles. The third-order valence-electron chi connectivity index (χ3n) is 3.56. The highest BCUT2D eigenvalue weighted by atomic mass is 32.2. The highest BCUT2D eigenvalue weighted by molar-refractivity contribution is 7.99. The Morgan fingerprint density at radius 1 is 1.42 bits per heavy atom. The summed E-state index contributed by atoms with van der Waals surface area (Å²) in [6.45, 7) is 0.362. The number of nitrogens with zero attached hydrogens (tertiary/aromatic N) is 3. The molecule has 0 aliphatic heterocycles. The third-order valence-corrected chi connectivity index (χ3v) is 6.53. The molecule has 0 saturated heterocycles. The molecule has 1 aliphatic carbocycles. The molecule has 2 unspecified atom stereocenters.